The van der Waals surface area contributed by atoms with Gasteiger partial charge in [-0.1, -0.05) is 0 Å². The van der Waals surface area contributed by atoms with E-state index in [9.17, 15) is 0 Å². The molecule has 0 aliphatic rings. The first-order valence-electron chi connectivity index (χ1n) is 5.88. The summed E-state index contributed by atoms with van der Waals surface area (Å²) in [6.45, 7) is 2.28. The van der Waals surface area contributed by atoms with Crippen LogP contribution in [0.1, 0.15) is 12.5 Å². The van der Waals surface area contributed by atoms with Gasteiger partial charge in [0.05, 0.1) is 0 Å². The van der Waals surface area contributed by atoms with Gasteiger partial charge in [0.25, 0.3) is 0 Å². The number of halogens is 1. The summed E-state index contributed by atoms with van der Waals surface area (Å²) in [7, 11) is 4.29. The van der Waals surface area contributed by atoms with E-state index in [2.05, 4.69) is 60.2 Å². The van der Waals surface area contributed by atoms with Crippen molar-refractivity contribution in [1.29, 1.82) is 0 Å². The Bertz CT molecular complexity index is 502. The predicted molar refractivity (Wildman–Crippen MR) is 69.8 cm³/mol. The minimum atomic E-state index is 0.141. The Labute approximate surface area is 114 Å². The topological polar surface area (TPSA) is 19.0 Å². The molecule has 1 aromatic carbocycles. The Morgan fingerprint density at radius 1 is 1.35 bits per heavy atom. The van der Waals surface area contributed by atoms with Gasteiger partial charge in [-0.2, -0.15) is 0 Å². The molecule has 0 bridgehead atoms. The van der Waals surface area contributed by atoms with Crippen molar-refractivity contribution in [2.75, 3.05) is 19.0 Å². The third kappa shape index (κ3) is 2.65. The summed E-state index contributed by atoms with van der Waals surface area (Å²) < 4.78 is 1.56. The number of nitrogens with one attached hydrogen (secondary N) is 1. The Hall–Kier alpha value is -0.550. The van der Waals surface area contributed by atoms with Gasteiger partial charge in [-0.3, -0.25) is 0 Å². The van der Waals surface area contributed by atoms with Crippen LogP contribution in [0.15, 0.2) is 24.4 Å². The number of aromatic nitrogens is 1. The number of hydrogen-bond acceptors (Lipinski definition) is 1. The molecular formula is C14H20IN2-. The number of aromatic amines is 1. The summed E-state index contributed by atoms with van der Waals surface area (Å²) in [6.07, 6.45) is 3.31. The van der Waals surface area contributed by atoms with Gasteiger partial charge in [0, 0.05) is 0 Å². The van der Waals surface area contributed by atoms with Gasteiger partial charge >= 0.3 is 114 Å². The van der Waals surface area contributed by atoms with Gasteiger partial charge in [-0.05, 0) is 0 Å². The molecule has 0 spiro atoms. The second kappa shape index (κ2) is 5.40. The van der Waals surface area contributed by atoms with E-state index >= 15 is 0 Å². The zero-order valence-corrected chi connectivity index (χ0v) is 13.1. The minimum absolute atomic E-state index is 0.141. The van der Waals surface area contributed by atoms with Crippen molar-refractivity contribution < 1.29 is 21.2 Å². The molecule has 2 nitrogen and oxygen atoms in total. The Morgan fingerprint density at radius 3 is 2.76 bits per heavy atom. The van der Waals surface area contributed by atoms with E-state index < -0.39 is 0 Å². The van der Waals surface area contributed by atoms with Crippen LogP contribution in [-0.4, -0.2) is 35.0 Å². The van der Waals surface area contributed by atoms with Gasteiger partial charge < -0.3 is 0 Å². The van der Waals surface area contributed by atoms with E-state index in [1.807, 2.05) is 0 Å². The monoisotopic (exact) mass is 343 g/mol. The first-order chi connectivity index (χ1) is 8.13. The van der Waals surface area contributed by atoms with Crippen molar-refractivity contribution in [3.05, 3.63) is 33.5 Å². The second-order valence-corrected chi connectivity index (χ2v) is 6.92. The fraction of sp³-hybridized carbons (Fsp3) is 0.429. The van der Waals surface area contributed by atoms with Crippen molar-refractivity contribution >= 4 is 10.9 Å². The number of likely N-dealkylation sites (N-methyl/N-ethyl adjacent to an activating group) is 1. The van der Waals surface area contributed by atoms with E-state index in [1.54, 1.807) is 3.57 Å². The van der Waals surface area contributed by atoms with Gasteiger partial charge in [-0.15, -0.1) is 0 Å². The molecule has 2 rings (SSSR count). The summed E-state index contributed by atoms with van der Waals surface area (Å²) >= 11 is 0.141. The Balaban J connectivity index is 2.41. The van der Waals surface area contributed by atoms with E-state index in [4.69, 9.17) is 0 Å². The summed E-state index contributed by atoms with van der Waals surface area (Å²) in [6, 6.07) is 7.21. The Kier molecular flexibility index (Phi) is 4.09. The van der Waals surface area contributed by atoms with Crippen LogP contribution in [0.25, 0.3) is 10.9 Å². The number of rotatable bonds is 4. The van der Waals surface area contributed by atoms with Crippen LogP contribution in [0.5, 0.6) is 0 Å². The first kappa shape index (κ1) is 12.9. The third-order valence-electron chi connectivity index (χ3n) is 3.34. The molecule has 0 aliphatic heterocycles. The summed E-state index contributed by atoms with van der Waals surface area (Å²) in [5.74, 6) is 0. The van der Waals surface area contributed by atoms with Crippen molar-refractivity contribution in [1.82, 2.24) is 9.88 Å². The fourth-order valence-corrected chi connectivity index (χ4v) is 3.77. The average Bonchev–Trinajstić information content (AvgIpc) is 2.72. The molecule has 0 saturated heterocycles. The summed E-state index contributed by atoms with van der Waals surface area (Å²) in [5.41, 5.74) is 2.77. The van der Waals surface area contributed by atoms with Crippen LogP contribution >= 0.6 is 0 Å². The molecule has 94 valence electrons. The molecule has 1 atom stereocenters. The van der Waals surface area contributed by atoms with E-state index in [1.165, 1.54) is 16.5 Å². The van der Waals surface area contributed by atoms with Crippen molar-refractivity contribution in [2.24, 2.45) is 0 Å². The quantitative estimate of drug-likeness (QED) is 0.589. The van der Waals surface area contributed by atoms with Crippen LogP contribution in [0.2, 0.25) is 0 Å². The van der Waals surface area contributed by atoms with Crippen molar-refractivity contribution in [3.8, 4) is 0 Å². The molecule has 3 heteroatoms. The molecule has 1 aromatic heterocycles. The number of hydrogen-bond donors (Lipinski definition) is 1. The van der Waals surface area contributed by atoms with Crippen LogP contribution in [-0.2, 0) is 6.42 Å². The van der Waals surface area contributed by atoms with Gasteiger partial charge in [0.1, 0.15) is 0 Å². The normalized spacial score (nSPS) is 13.7. The maximum absolute atomic E-state index is 3.41. The van der Waals surface area contributed by atoms with Crippen LogP contribution in [0, 0.1) is 3.57 Å². The van der Waals surface area contributed by atoms with Crippen molar-refractivity contribution in [2.45, 2.75) is 19.4 Å². The number of H-pyrrole nitrogens is 1. The molecule has 0 radical (unpaired) electrons. The van der Waals surface area contributed by atoms with Gasteiger partial charge in [0.15, 0.2) is 0 Å². The molecule has 0 fully saturated rings. The predicted octanol–water partition coefficient (Wildman–Crippen LogP) is -0.451. The zero-order valence-electron chi connectivity index (χ0n) is 10.9. The number of benzene rings is 1. The number of nitrogens with zero attached hydrogens (tertiary/aromatic N) is 1. The van der Waals surface area contributed by atoms with Crippen LogP contribution in [0.4, 0.5) is 0 Å². The molecule has 0 amide bonds. The summed E-state index contributed by atoms with van der Waals surface area (Å²) in [4.78, 5) is 8.02. The number of alkyl halides is 1. The molecule has 0 unspecified atom stereocenters. The molecule has 1 N–H and O–H groups in total. The van der Waals surface area contributed by atoms with E-state index in [0.717, 1.165) is 6.42 Å². The first-order valence-corrected chi connectivity index (χ1v) is 9.12. The van der Waals surface area contributed by atoms with Crippen LogP contribution < -0.4 is 21.2 Å². The maximum atomic E-state index is 3.41. The summed E-state index contributed by atoms with van der Waals surface area (Å²) in [5, 5.41) is 1.48. The standard InChI is InChI=1S/C14H20IN2/c1-10(17(3)4)8-11-9-16-13-7-5-6-12(15-2)14(11)13/h5-7,9-10,16H,8H2,1-4H3/q-1/t10-/m1/s1. The number of fused-ring (bicyclic) bond motifs is 1. The van der Waals surface area contributed by atoms with Gasteiger partial charge in [-0.25, -0.2) is 0 Å². The van der Waals surface area contributed by atoms with E-state index in [-0.39, 0.29) is 21.2 Å². The third-order valence-corrected chi connectivity index (χ3v) is 5.40. The van der Waals surface area contributed by atoms with Gasteiger partial charge in [0.2, 0.25) is 0 Å². The van der Waals surface area contributed by atoms with Crippen molar-refractivity contribution in [3.63, 3.8) is 0 Å². The SMILES string of the molecule is C[I-]c1cccc2[nH]cc(C[C@@H](C)N(C)C)c12. The molecule has 0 aliphatic carbocycles. The molecule has 0 saturated carbocycles. The molecule has 1 heterocycles. The van der Waals surface area contributed by atoms with Crippen LogP contribution in [0.3, 0.4) is 0 Å². The average molecular weight is 343 g/mol. The molecule has 17 heavy (non-hydrogen) atoms. The Morgan fingerprint density at radius 2 is 2.12 bits per heavy atom. The zero-order chi connectivity index (χ0) is 12.4. The molecular weight excluding hydrogens is 323 g/mol. The second-order valence-electron chi connectivity index (χ2n) is 4.68. The fourth-order valence-electron chi connectivity index (χ4n) is 2.03. The van der Waals surface area contributed by atoms with E-state index in [0.29, 0.717) is 6.04 Å². The molecule has 2 aromatic rings.